The van der Waals surface area contributed by atoms with Gasteiger partial charge in [-0.25, -0.2) is 18.8 Å². The highest BCUT2D eigenvalue weighted by Crippen LogP contribution is 2.37. The van der Waals surface area contributed by atoms with Crippen molar-refractivity contribution < 1.29 is 33.4 Å². The van der Waals surface area contributed by atoms with E-state index in [1.807, 2.05) is 127 Å². The van der Waals surface area contributed by atoms with Crippen molar-refractivity contribution in [1.29, 1.82) is 0 Å². The Labute approximate surface area is 305 Å². The maximum absolute atomic E-state index is 14.6. The molecule has 6 aromatic rings. The van der Waals surface area contributed by atoms with Gasteiger partial charge in [0, 0.05) is 5.25 Å². The highest BCUT2D eigenvalue weighted by Gasteiger charge is 2.38. The van der Waals surface area contributed by atoms with Gasteiger partial charge in [-0.1, -0.05) is 127 Å². The maximum atomic E-state index is 14.6. The first kappa shape index (κ1) is 35.8. The molecule has 1 unspecified atom stereocenters. The highest BCUT2D eigenvalue weighted by molar-refractivity contribution is 8.00. The van der Waals surface area contributed by atoms with Crippen molar-refractivity contribution in [2.45, 2.75) is 23.3 Å². The molecule has 7 rings (SSSR count). The minimum absolute atomic E-state index is 0.0458. The summed E-state index contributed by atoms with van der Waals surface area (Å²) < 4.78 is 25.5. The molecule has 260 valence electrons. The van der Waals surface area contributed by atoms with Crippen LogP contribution in [0.1, 0.15) is 37.5 Å². The van der Waals surface area contributed by atoms with E-state index < -0.39 is 29.5 Å². The second-order valence-electron chi connectivity index (χ2n) is 12.0. The zero-order valence-electron chi connectivity index (χ0n) is 28.0. The van der Waals surface area contributed by atoms with Crippen molar-refractivity contribution in [2.24, 2.45) is 0 Å². The van der Waals surface area contributed by atoms with E-state index in [-0.39, 0.29) is 18.3 Å². The van der Waals surface area contributed by atoms with Crippen molar-refractivity contribution in [3.63, 3.8) is 0 Å². The molecule has 0 saturated carbocycles. The molecule has 1 aliphatic rings. The van der Waals surface area contributed by atoms with Crippen LogP contribution in [-0.4, -0.2) is 46.5 Å². The Morgan fingerprint density at radius 3 is 1.31 bits per heavy atom. The molecule has 0 radical (unpaired) electrons. The summed E-state index contributed by atoms with van der Waals surface area (Å²) in [5.74, 6) is -1.93. The predicted molar refractivity (Wildman–Crippen MR) is 203 cm³/mol. The van der Waals surface area contributed by atoms with Crippen LogP contribution in [0.5, 0.6) is 0 Å². The van der Waals surface area contributed by atoms with E-state index in [4.69, 9.17) is 14.6 Å². The van der Waals surface area contributed by atoms with Crippen LogP contribution in [0.2, 0.25) is 0 Å². The Morgan fingerprint density at radius 1 is 0.538 bits per heavy atom. The summed E-state index contributed by atoms with van der Waals surface area (Å²) in [4.78, 5) is 35.7. The standard InChI is InChI=1S/C31H25FO4S.C13H10O2/c32-28-19-27(20-35-29(33)25-15-11-23(12-16-25)21-7-3-1-4-8-21)37-31(28)36-30(34)26-17-13-24(14-18-26)22-9-5-2-6-10-22;14-13(15)12-8-6-11(7-9-12)10-4-2-1-3-5-10/h1-18,27-28,31H,19-20H2;1-9H,(H,14,15)/t27-,28+,31?;/m0./s1. The lowest BCUT2D eigenvalue weighted by atomic mass is 10.0. The fourth-order valence-electron chi connectivity index (χ4n) is 5.62. The number of thioether (sulfide) groups is 1. The molecular formula is C44H35FO6S. The Balaban J connectivity index is 0.000000258. The van der Waals surface area contributed by atoms with Gasteiger partial charge in [-0.05, 0) is 76.2 Å². The second-order valence-corrected chi connectivity index (χ2v) is 13.4. The average molecular weight is 711 g/mol. The number of benzene rings is 6. The molecule has 0 aromatic heterocycles. The first-order valence-corrected chi connectivity index (χ1v) is 17.7. The van der Waals surface area contributed by atoms with E-state index in [2.05, 4.69) is 0 Å². The zero-order valence-corrected chi connectivity index (χ0v) is 28.8. The van der Waals surface area contributed by atoms with E-state index in [1.54, 1.807) is 36.4 Å². The molecule has 6 aromatic carbocycles. The van der Waals surface area contributed by atoms with Gasteiger partial charge in [0.05, 0.1) is 16.7 Å². The molecule has 52 heavy (non-hydrogen) atoms. The normalized spacial score (nSPS) is 16.2. The molecule has 1 aliphatic heterocycles. The number of carbonyl (C=O) groups excluding carboxylic acids is 2. The van der Waals surface area contributed by atoms with Gasteiger partial charge in [0.2, 0.25) is 0 Å². The van der Waals surface area contributed by atoms with Gasteiger partial charge in [-0.2, -0.15) is 0 Å². The van der Waals surface area contributed by atoms with Crippen LogP contribution in [0.4, 0.5) is 4.39 Å². The summed E-state index contributed by atoms with van der Waals surface area (Å²) in [6, 6.07) is 50.7. The third kappa shape index (κ3) is 9.41. The van der Waals surface area contributed by atoms with Crippen LogP contribution in [0, 0.1) is 0 Å². The summed E-state index contributed by atoms with van der Waals surface area (Å²) in [5.41, 5.74) is 6.38. The van der Waals surface area contributed by atoms with E-state index >= 15 is 0 Å². The fraction of sp³-hybridized carbons (Fsp3) is 0.114. The summed E-state index contributed by atoms with van der Waals surface area (Å²) >= 11 is 1.18. The molecular weight excluding hydrogens is 676 g/mol. The van der Waals surface area contributed by atoms with Crippen LogP contribution >= 0.6 is 11.8 Å². The number of rotatable bonds is 9. The number of alkyl halides is 1. The first-order chi connectivity index (χ1) is 25.3. The lowest BCUT2D eigenvalue weighted by molar-refractivity contribution is 0.0330. The smallest absolute Gasteiger partial charge is 0.339 e. The number of carboxylic acid groups (broad SMARTS) is 1. The first-order valence-electron chi connectivity index (χ1n) is 16.7. The lowest BCUT2D eigenvalue weighted by Gasteiger charge is -2.14. The van der Waals surface area contributed by atoms with Crippen molar-refractivity contribution >= 4 is 29.7 Å². The van der Waals surface area contributed by atoms with E-state index in [0.29, 0.717) is 16.7 Å². The quantitative estimate of drug-likeness (QED) is 0.149. The molecule has 0 bridgehead atoms. The van der Waals surface area contributed by atoms with Gasteiger partial charge in [-0.15, -0.1) is 11.8 Å². The predicted octanol–water partition coefficient (Wildman–Crippen LogP) is 10.3. The lowest BCUT2D eigenvalue weighted by Crippen LogP contribution is -2.20. The molecule has 1 fully saturated rings. The SMILES string of the molecule is O=C(O)c1ccc(-c2ccccc2)cc1.O=C(OC[C@@H]1C[C@@H](F)C(OC(=O)c2ccc(-c3ccccc3)cc2)S1)c1ccc(-c2ccccc2)cc1. The van der Waals surface area contributed by atoms with Gasteiger partial charge < -0.3 is 14.6 Å². The maximum Gasteiger partial charge on any atom is 0.339 e. The van der Waals surface area contributed by atoms with Crippen molar-refractivity contribution in [3.05, 3.63) is 180 Å². The number of hydrogen-bond donors (Lipinski definition) is 1. The van der Waals surface area contributed by atoms with E-state index in [9.17, 15) is 18.8 Å². The van der Waals surface area contributed by atoms with Crippen LogP contribution < -0.4 is 0 Å². The second kappa shape index (κ2) is 17.3. The van der Waals surface area contributed by atoms with Crippen LogP contribution in [0.25, 0.3) is 33.4 Å². The molecule has 6 nitrogen and oxygen atoms in total. The zero-order chi connectivity index (χ0) is 36.3. The Morgan fingerprint density at radius 2 is 0.904 bits per heavy atom. The topological polar surface area (TPSA) is 89.9 Å². The number of ether oxygens (including phenoxy) is 2. The highest BCUT2D eigenvalue weighted by atomic mass is 32.2. The number of carbonyl (C=O) groups is 3. The van der Waals surface area contributed by atoms with Crippen molar-refractivity contribution in [3.8, 4) is 33.4 Å². The van der Waals surface area contributed by atoms with Gasteiger partial charge in [-0.3, -0.25) is 0 Å². The van der Waals surface area contributed by atoms with E-state index in [0.717, 1.165) is 33.4 Å². The summed E-state index contributed by atoms with van der Waals surface area (Å²) in [5, 5.41) is 8.46. The Bertz CT molecular complexity index is 2070. The van der Waals surface area contributed by atoms with Crippen LogP contribution in [0.3, 0.4) is 0 Å². The van der Waals surface area contributed by atoms with Crippen LogP contribution in [-0.2, 0) is 9.47 Å². The van der Waals surface area contributed by atoms with Gasteiger partial charge in [0.25, 0.3) is 0 Å². The average Bonchev–Trinajstić information content (AvgIpc) is 3.56. The number of aromatic carboxylic acids is 1. The largest absolute Gasteiger partial charge is 0.478 e. The van der Waals surface area contributed by atoms with Crippen molar-refractivity contribution in [1.82, 2.24) is 0 Å². The summed E-state index contributed by atoms with van der Waals surface area (Å²) in [6.45, 7) is 0.0458. The van der Waals surface area contributed by atoms with Gasteiger partial charge in [0.1, 0.15) is 12.8 Å². The molecule has 1 saturated heterocycles. The molecule has 0 aliphatic carbocycles. The molecule has 1 N–H and O–H groups in total. The molecule has 0 spiro atoms. The number of esters is 2. The third-order valence-corrected chi connectivity index (χ3v) is 9.80. The molecule has 1 heterocycles. The number of carboxylic acids is 1. The Hall–Kier alpha value is -5.99. The van der Waals surface area contributed by atoms with E-state index in [1.165, 1.54) is 11.8 Å². The number of hydrogen-bond acceptors (Lipinski definition) is 6. The van der Waals surface area contributed by atoms with Crippen LogP contribution in [0.15, 0.2) is 164 Å². The third-order valence-electron chi connectivity index (χ3n) is 8.43. The summed E-state index contributed by atoms with van der Waals surface area (Å²) in [6.07, 6.45) is -1.18. The van der Waals surface area contributed by atoms with Gasteiger partial charge >= 0.3 is 17.9 Å². The van der Waals surface area contributed by atoms with Crippen molar-refractivity contribution in [2.75, 3.05) is 6.61 Å². The Kier molecular flexibility index (Phi) is 11.9. The molecule has 0 amide bonds. The summed E-state index contributed by atoms with van der Waals surface area (Å²) in [7, 11) is 0. The van der Waals surface area contributed by atoms with Gasteiger partial charge in [0.15, 0.2) is 5.44 Å². The minimum Gasteiger partial charge on any atom is -0.478 e. The monoisotopic (exact) mass is 710 g/mol. The fourth-order valence-corrected chi connectivity index (χ4v) is 6.87. The minimum atomic E-state index is -1.33. The molecule has 3 atom stereocenters. The molecule has 8 heteroatoms. The number of halogens is 1.